The molecule has 1 atom stereocenters. The molecule has 0 radical (unpaired) electrons. The number of hydrogen-bond acceptors (Lipinski definition) is 4. The van der Waals surface area contributed by atoms with Crippen molar-refractivity contribution < 1.29 is 19.1 Å². The molecule has 1 rings (SSSR count). The van der Waals surface area contributed by atoms with Crippen molar-refractivity contribution in [3.63, 3.8) is 0 Å². The lowest BCUT2D eigenvalue weighted by molar-refractivity contribution is -0.148. The summed E-state index contributed by atoms with van der Waals surface area (Å²) in [7, 11) is 1.37. The van der Waals surface area contributed by atoms with Crippen molar-refractivity contribution in [2.24, 2.45) is 11.3 Å². The number of esters is 1. The van der Waals surface area contributed by atoms with Crippen LogP contribution in [0.5, 0.6) is 0 Å². The Morgan fingerprint density at radius 3 is 2.52 bits per heavy atom. The summed E-state index contributed by atoms with van der Waals surface area (Å²) in [6.07, 6.45) is 1.83. The number of hydrogen-bond donors (Lipinski definition) is 1. The van der Waals surface area contributed by atoms with Gasteiger partial charge in [0.15, 0.2) is 0 Å². The molecule has 0 aromatic rings. The Bertz CT molecular complexity index is 401. The second-order valence-corrected chi connectivity index (χ2v) is 6.46. The van der Waals surface area contributed by atoms with Gasteiger partial charge in [0.25, 0.3) is 0 Å². The van der Waals surface area contributed by atoms with Crippen molar-refractivity contribution in [1.82, 2.24) is 10.2 Å². The van der Waals surface area contributed by atoms with E-state index in [1.807, 2.05) is 20.8 Å². The van der Waals surface area contributed by atoms with Crippen LogP contribution in [0.4, 0.5) is 0 Å². The Kier molecular flexibility index (Phi) is 6.18. The Hall–Kier alpha value is -1.59. The van der Waals surface area contributed by atoms with Gasteiger partial charge in [0.1, 0.15) is 0 Å². The molecule has 0 aliphatic carbocycles. The van der Waals surface area contributed by atoms with Crippen LogP contribution in [0.25, 0.3) is 0 Å². The average molecular weight is 298 g/mol. The van der Waals surface area contributed by atoms with Crippen molar-refractivity contribution in [3.05, 3.63) is 0 Å². The second-order valence-electron chi connectivity index (χ2n) is 6.46. The molecule has 1 N–H and O–H groups in total. The quantitative estimate of drug-likeness (QED) is 0.784. The number of nitrogens with zero attached hydrogens (tertiary/aromatic N) is 1. The molecule has 0 aromatic heterocycles. The number of rotatable bonds is 4. The molecule has 1 saturated heterocycles. The predicted molar refractivity (Wildman–Crippen MR) is 78.4 cm³/mol. The third-order valence-electron chi connectivity index (χ3n) is 3.61. The first kappa shape index (κ1) is 17.5. The minimum atomic E-state index is -0.454. The van der Waals surface area contributed by atoms with E-state index in [4.69, 9.17) is 4.74 Å². The van der Waals surface area contributed by atoms with Gasteiger partial charge < -0.3 is 15.0 Å². The van der Waals surface area contributed by atoms with E-state index < -0.39 is 5.41 Å². The van der Waals surface area contributed by atoms with E-state index in [0.29, 0.717) is 19.6 Å². The number of piperidine rings is 1. The topological polar surface area (TPSA) is 75.7 Å². The number of carbonyl (C=O) groups excluding carboxylic acids is 3. The maximum atomic E-state index is 12.1. The SMILES string of the molecule is COC(=O)[C@H]1CCCN(C(=O)CCNC(=O)C(C)(C)C)C1. The van der Waals surface area contributed by atoms with Gasteiger partial charge in [-0.05, 0) is 12.8 Å². The van der Waals surface area contributed by atoms with Crippen LogP contribution < -0.4 is 5.32 Å². The van der Waals surface area contributed by atoms with Crippen LogP contribution >= 0.6 is 0 Å². The van der Waals surface area contributed by atoms with E-state index in [0.717, 1.165) is 12.8 Å². The smallest absolute Gasteiger partial charge is 0.310 e. The molecule has 21 heavy (non-hydrogen) atoms. The minimum Gasteiger partial charge on any atom is -0.469 e. The number of carbonyl (C=O) groups is 3. The highest BCUT2D eigenvalue weighted by Gasteiger charge is 2.29. The highest BCUT2D eigenvalue weighted by Crippen LogP contribution is 2.18. The molecule has 1 aliphatic rings. The van der Waals surface area contributed by atoms with Crippen LogP contribution in [0.2, 0.25) is 0 Å². The van der Waals surface area contributed by atoms with Crippen molar-refractivity contribution in [2.45, 2.75) is 40.0 Å². The van der Waals surface area contributed by atoms with Gasteiger partial charge in [-0.15, -0.1) is 0 Å². The van der Waals surface area contributed by atoms with Crippen molar-refractivity contribution in [3.8, 4) is 0 Å². The van der Waals surface area contributed by atoms with Crippen LogP contribution in [0, 0.1) is 11.3 Å². The molecule has 1 aliphatic heterocycles. The molecule has 0 aromatic carbocycles. The number of nitrogens with one attached hydrogen (secondary N) is 1. The fraction of sp³-hybridized carbons (Fsp3) is 0.800. The first-order valence-corrected chi connectivity index (χ1v) is 7.39. The zero-order valence-corrected chi connectivity index (χ0v) is 13.4. The van der Waals surface area contributed by atoms with Crippen LogP contribution in [0.15, 0.2) is 0 Å². The van der Waals surface area contributed by atoms with Gasteiger partial charge in [-0.3, -0.25) is 14.4 Å². The molecule has 1 heterocycles. The van der Waals surface area contributed by atoms with Crippen molar-refractivity contribution in [2.75, 3.05) is 26.7 Å². The largest absolute Gasteiger partial charge is 0.469 e. The Labute approximate surface area is 126 Å². The molecular formula is C15H26N2O4. The molecule has 1 fully saturated rings. The first-order valence-electron chi connectivity index (χ1n) is 7.39. The number of ether oxygens (including phenoxy) is 1. The summed E-state index contributed by atoms with van der Waals surface area (Å²) in [5, 5.41) is 2.76. The van der Waals surface area contributed by atoms with E-state index in [-0.39, 0.29) is 30.1 Å². The standard InChI is InChI=1S/C15H26N2O4/c1-15(2,3)14(20)16-8-7-12(18)17-9-5-6-11(10-17)13(19)21-4/h11H,5-10H2,1-4H3,(H,16,20)/t11-/m0/s1. The highest BCUT2D eigenvalue weighted by molar-refractivity contribution is 5.82. The zero-order valence-electron chi connectivity index (χ0n) is 13.4. The average Bonchev–Trinajstić information content (AvgIpc) is 2.45. The maximum absolute atomic E-state index is 12.1. The zero-order chi connectivity index (χ0) is 16.0. The third-order valence-corrected chi connectivity index (χ3v) is 3.61. The molecule has 120 valence electrons. The van der Waals surface area contributed by atoms with Crippen LogP contribution in [-0.2, 0) is 19.1 Å². The summed E-state index contributed by atoms with van der Waals surface area (Å²) >= 11 is 0. The minimum absolute atomic E-state index is 0.0298. The summed E-state index contributed by atoms with van der Waals surface area (Å²) in [4.78, 5) is 37.0. The summed E-state index contributed by atoms with van der Waals surface area (Å²) in [5.74, 6) is -0.579. The Morgan fingerprint density at radius 2 is 1.95 bits per heavy atom. The molecule has 0 unspecified atom stereocenters. The lowest BCUT2D eigenvalue weighted by atomic mass is 9.95. The van der Waals surface area contributed by atoms with Gasteiger partial charge in [0, 0.05) is 31.5 Å². The Morgan fingerprint density at radius 1 is 1.29 bits per heavy atom. The molecule has 6 heteroatoms. The van der Waals surface area contributed by atoms with Crippen molar-refractivity contribution >= 4 is 17.8 Å². The summed E-state index contributed by atoms with van der Waals surface area (Å²) in [6.45, 7) is 6.90. The van der Waals surface area contributed by atoms with E-state index in [1.165, 1.54) is 7.11 Å². The molecule has 2 amide bonds. The Balaban J connectivity index is 2.38. The van der Waals surface area contributed by atoms with Crippen molar-refractivity contribution in [1.29, 1.82) is 0 Å². The van der Waals surface area contributed by atoms with Gasteiger partial charge in [-0.1, -0.05) is 20.8 Å². The maximum Gasteiger partial charge on any atom is 0.310 e. The van der Waals surface area contributed by atoms with Gasteiger partial charge >= 0.3 is 5.97 Å². The fourth-order valence-corrected chi connectivity index (χ4v) is 2.27. The number of likely N-dealkylation sites (tertiary alicyclic amines) is 1. The van der Waals surface area contributed by atoms with E-state index >= 15 is 0 Å². The molecule has 6 nitrogen and oxygen atoms in total. The van der Waals surface area contributed by atoms with E-state index in [9.17, 15) is 14.4 Å². The molecule has 0 bridgehead atoms. The van der Waals surface area contributed by atoms with Crippen LogP contribution in [0.3, 0.4) is 0 Å². The molecule has 0 saturated carbocycles. The summed E-state index contributed by atoms with van der Waals surface area (Å²) in [6, 6.07) is 0. The normalized spacial score (nSPS) is 19.0. The summed E-state index contributed by atoms with van der Waals surface area (Å²) < 4.78 is 4.73. The van der Waals surface area contributed by atoms with E-state index in [1.54, 1.807) is 4.90 Å². The monoisotopic (exact) mass is 298 g/mol. The molecule has 0 spiro atoms. The van der Waals surface area contributed by atoms with Crippen LogP contribution in [0.1, 0.15) is 40.0 Å². The van der Waals surface area contributed by atoms with Gasteiger partial charge in [0.05, 0.1) is 13.0 Å². The van der Waals surface area contributed by atoms with E-state index in [2.05, 4.69) is 5.32 Å². The number of amides is 2. The van der Waals surface area contributed by atoms with Gasteiger partial charge in [-0.2, -0.15) is 0 Å². The number of methoxy groups -OCH3 is 1. The lowest BCUT2D eigenvalue weighted by Crippen LogP contribution is -2.44. The van der Waals surface area contributed by atoms with Gasteiger partial charge in [-0.25, -0.2) is 0 Å². The summed E-state index contributed by atoms with van der Waals surface area (Å²) in [5.41, 5.74) is -0.454. The fourth-order valence-electron chi connectivity index (χ4n) is 2.27. The molecular weight excluding hydrogens is 272 g/mol. The van der Waals surface area contributed by atoms with Gasteiger partial charge in [0.2, 0.25) is 11.8 Å². The van der Waals surface area contributed by atoms with Crippen LogP contribution in [-0.4, -0.2) is 49.4 Å². The predicted octanol–water partition coefficient (Wildman–Crippen LogP) is 0.950. The lowest BCUT2D eigenvalue weighted by Gasteiger charge is -2.31. The first-order chi connectivity index (χ1) is 9.75. The third kappa shape index (κ3) is 5.36. The second kappa shape index (κ2) is 7.43. The highest BCUT2D eigenvalue weighted by atomic mass is 16.5.